The molecule has 0 saturated carbocycles. The summed E-state index contributed by atoms with van der Waals surface area (Å²) in [6, 6.07) is 4.61. The topological polar surface area (TPSA) is 109 Å². The van der Waals surface area contributed by atoms with Gasteiger partial charge in [0.15, 0.2) is 0 Å². The maximum absolute atomic E-state index is 11.4. The summed E-state index contributed by atoms with van der Waals surface area (Å²) in [4.78, 5) is 32.6. The molecule has 6 heteroatoms. The van der Waals surface area contributed by atoms with E-state index >= 15 is 0 Å². The lowest BCUT2D eigenvalue weighted by Crippen LogP contribution is -2.14. The number of carboxylic acid groups (broad SMARTS) is 1. The molecule has 0 heterocycles. The normalized spacial score (nSPS) is 10.3. The van der Waals surface area contributed by atoms with Crippen molar-refractivity contribution in [2.75, 3.05) is 5.32 Å². The minimum Gasteiger partial charge on any atom is -0.478 e. The molecule has 2 amide bonds. The van der Waals surface area contributed by atoms with Crippen LogP contribution in [0.1, 0.15) is 15.9 Å². The van der Waals surface area contributed by atoms with E-state index in [0.29, 0.717) is 5.69 Å². The van der Waals surface area contributed by atoms with Crippen LogP contribution in [0.4, 0.5) is 5.69 Å². The van der Waals surface area contributed by atoms with E-state index in [2.05, 4.69) is 5.32 Å². The number of primary amides is 1. The molecule has 0 aromatic heterocycles. The molecule has 0 atom stereocenters. The van der Waals surface area contributed by atoms with Gasteiger partial charge in [0.1, 0.15) is 0 Å². The standard InChI is InChI=1S/C12H12N2O4/c1-7-2-3-8(12(13)18)6-9(7)14-10(15)4-5-11(16)17/h2-6H,1H3,(H2,13,18)(H,14,15)(H,16,17)/b5-4-. The molecule has 1 rings (SSSR count). The molecule has 0 saturated heterocycles. The van der Waals surface area contributed by atoms with Crippen LogP contribution in [0.15, 0.2) is 30.4 Å². The molecule has 0 unspecified atom stereocenters. The molecular formula is C12H12N2O4. The first-order chi connectivity index (χ1) is 8.40. The fourth-order valence-electron chi connectivity index (χ4n) is 1.23. The van der Waals surface area contributed by atoms with Gasteiger partial charge in [-0.25, -0.2) is 4.79 Å². The molecule has 0 bridgehead atoms. The molecule has 0 aliphatic heterocycles. The van der Waals surface area contributed by atoms with E-state index in [1.807, 2.05) is 0 Å². The first kappa shape index (κ1) is 13.4. The van der Waals surface area contributed by atoms with Crippen molar-refractivity contribution in [3.63, 3.8) is 0 Å². The molecule has 4 N–H and O–H groups in total. The van der Waals surface area contributed by atoms with Gasteiger partial charge in [-0.2, -0.15) is 0 Å². The SMILES string of the molecule is Cc1ccc(C(N)=O)cc1NC(=O)/C=C\C(=O)O. The number of benzene rings is 1. The monoisotopic (exact) mass is 248 g/mol. The van der Waals surface area contributed by atoms with E-state index in [0.717, 1.165) is 17.7 Å². The minimum absolute atomic E-state index is 0.262. The highest BCUT2D eigenvalue weighted by molar-refractivity contribution is 6.03. The Labute approximate surface area is 103 Å². The fourth-order valence-corrected chi connectivity index (χ4v) is 1.23. The van der Waals surface area contributed by atoms with Crippen LogP contribution in [-0.4, -0.2) is 22.9 Å². The summed E-state index contributed by atoms with van der Waals surface area (Å²) in [5.74, 6) is -2.42. The van der Waals surface area contributed by atoms with E-state index in [1.165, 1.54) is 6.07 Å². The molecule has 1 aromatic carbocycles. The molecule has 0 aliphatic rings. The van der Waals surface area contributed by atoms with Gasteiger partial charge >= 0.3 is 5.97 Å². The van der Waals surface area contributed by atoms with Crippen molar-refractivity contribution >= 4 is 23.5 Å². The van der Waals surface area contributed by atoms with E-state index < -0.39 is 17.8 Å². The van der Waals surface area contributed by atoms with Crippen LogP contribution in [0.2, 0.25) is 0 Å². The molecule has 18 heavy (non-hydrogen) atoms. The number of nitrogens with one attached hydrogen (secondary N) is 1. The number of nitrogens with two attached hydrogens (primary N) is 1. The molecule has 0 aliphatic carbocycles. The Morgan fingerprint density at radius 1 is 1.28 bits per heavy atom. The summed E-state index contributed by atoms with van der Waals surface area (Å²) in [6.45, 7) is 1.74. The number of carboxylic acids is 1. The summed E-state index contributed by atoms with van der Waals surface area (Å²) in [7, 11) is 0. The Balaban J connectivity index is 2.90. The van der Waals surface area contributed by atoms with Gasteiger partial charge < -0.3 is 16.2 Å². The number of hydrogen-bond acceptors (Lipinski definition) is 3. The van der Waals surface area contributed by atoms with Crippen LogP contribution in [0, 0.1) is 6.92 Å². The number of carbonyl (C=O) groups excluding carboxylic acids is 2. The smallest absolute Gasteiger partial charge is 0.328 e. The molecule has 0 spiro atoms. The second-order valence-electron chi connectivity index (χ2n) is 3.55. The van der Waals surface area contributed by atoms with E-state index in [4.69, 9.17) is 10.8 Å². The number of hydrogen-bond donors (Lipinski definition) is 3. The van der Waals surface area contributed by atoms with Crippen molar-refractivity contribution in [3.8, 4) is 0 Å². The first-order valence-corrected chi connectivity index (χ1v) is 5.02. The largest absolute Gasteiger partial charge is 0.478 e. The lowest BCUT2D eigenvalue weighted by molar-refractivity contribution is -0.131. The zero-order chi connectivity index (χ0) is 13.7. The second kappa shape index (κ2) is 5.62. The predicted octanol–water partition coefficient (Wildman–Crippen LogP) is 0.673. The summed E-state index contributed by atoms with van der Waals surface area (Å²) < 4.78 is 0. The third-order valence-corrected chi connectivity index (χ3v) is 2.16. The quantitative estimate of drug-likeness (QED) is 0.680. The molecule has 0 fully saturated rings. The van der Waals surface area contributed by atoms with Crippen molar-refractivity contribution in [2.45, 2.75) is 6.92 Å². The average Bonchev–Trinajstić information content (AvgIpc) is 2.29. The Hall–Kier alpha value is -2.63. The highest BCUT2D eigenvalue weighted by Crippen LogP contribution is 2.16. The zero-order valence-corrected chi connectivity index (χ0v) is 9.64. The Morgan fingerprint density at radius 3 is 2.50 bits per heavy atom. The highest BCUT2D eigenvalue weighted by atomic mass is 16.4. The van der Waals surface area contributed by atoms with Gasteiger partial charge in [0.05, 0.1) is 0 Å². The van der Waals surface area contributed by atoms with Crippen molar-refractivity contribution in [3.05, 3.63) is 41.5 Å². The number of amides is 2. The van der Waals surface area contributed by atoms with Crippen LogP contribution < -0.4 is 11.1 Å². The minimum atomic E-state index is -1.22. The van der Waals surface area contributed by atoms with Gasteiger partial charge in [-0.1, -0.05) is 6.07 Å². The third kappa shape index (κ3) is 3.75. The summed E-state index contributed by atoms with van der Waals surface area (Å²) in [5.41, 5.74) is 6.52. The van der Waals surface area contributed by atoms with Gasteiger partial charge in [0, 0.05) is 23.4 Å². The second-order valence-corrected chi connectivity index (χ2v) is 3.55. The summed E-state index contributed by atoms with van der Waals surface area (Å²) in [5, 5.41) is 10.8. The van der Waals surface area contributed by atoms with Crippen molar-refractivity contribution in [1.29, 1.82) is 0 Å². The van der Waals surface area contributed by atoms with Crippen LogP contribution in [0.25, 0.3) is 0 Å². The van der Waals surface area contributed by atoms with Crippen molar-refractivity contribution < 1.29 is 19.5 Å². The molecule has 1 aromatic rings. The van der Waals surface area contributed by atoms with Gasteiger partial charge in [-0.3, -0.25) is 9.59 Å². The summed E-state index contributed by atoms with van der Waals surface area (Å²) in [6.07, 6.45) is 1.61. The Bertz CT molecular complexity index is 535. The Morgan fingerprint density at radius 2 is 1.94 bits per heavy atom. The van der Waals surface area contributed by atoms with Crippen LogP contribution >= 0.6 is 0 Å². The van der Waals surface area contributed by atoms with E-state index in [1.54, 1.807) is 19.1 Å². The van der Waals surface area contributed by atoms with E-state index in [-0.39, 0.29) is 5.56 Å². The predicted molar refractivity (Wildman–Crippen MR) is 65.1 cm³/mol. The number of anilines is 1. The van der Waals surface area contributed by atoms with Gasteiger partial charge in [-0.05, 0) is 24.6 Å². The average molecular weight is 248 g/mol. The van der Waals surface area contributed by atoms with Gasteiger partial charge in [0.2, 0.25) is 11.8 Å². The van der Waals surface area contributed by atoms with Crippen LogP contribution in [-0.2, 0) is 9.59 Å². The number of aryl methyl sites for hydroxylation is 1. The Kier molecular flexibility index (Phi) is 4.20. The molecule has 0 radical (unpaired) electrons. The van der Waals surface area contributed by atoms with Gasteiger partial charge in [0.25, 0.3) is 0 Å². The van der Waals surface area contributed by atoms with Crippen LogP contribution in [0.5, 0.6) is 0 Å². The maximum Gasteiger partial charge on any atom is 0.328 e. The highest BCUT2D eigenvalue weighted by Gasteiger charge is 2.06. The number of aliphatic carboxylic acids is 1. The zero-order valence-electron chi connectivity index (χ0n) is 9.64. The lowest BCUT2D eigenvalue weighted by atomic mass is 10.1. The van der Waals surface area contributed by atoms with E-state index in [9.17, 15) is 14.4 Å². The van der Waals surface area contributed by atoms with Crippen molar-refractivity contribution in [2.24, 2.45) is 5.73 Å². The number of carbonyl (C=O) groups is 3. The lowest BCUT2D eigenvalue weighted by Gasteiger charge is -2.07. The molecule has 94 valence electrons. The third-order valence-electron chi connectivity index (χ3n) is 2.16. The number of rotatable bonds is 4. The maximum atomic E-state index is 11.4. The molecule has 6 nitrogen and oxygen atoms in total. The van der Waals surface area contributed by atoms with Gasteiger partial charge in [-0.15, -0.1) is 0 Å². The fraction of sp³-hybridized carbons (Fsp3) is 0.0833. The van der Waals surface area contributed by atoms with Crippen LogP contribution in [0.3, 0.4) is 0 Å². The van der Waals surface area contributed by atoms with Crippen molar-refractivity contribution in [1.82, 2.24) is 0 Å². The first-order valence-electron chi connectivity index (χ1n) is 5.02. The summed E-state index contributed by atoms with van der Waals surface area (Å²) >= 11 is 0. The molecular weight excluding hydrogens is 236 g/mol.